The zero-order valence-corrected chi connectivity index (χ0v) is 21.7. The number of hydrogen-bond acceptors (Lipinski definition) is 6. The van der Waals surface area contributed by atoms with Crippen LogP contribution >= 0.6 is 0 Å². The molecule has 0 spiro atoms. The Morgan fingerprint density at radius 2 is 1.81 bits per heavy atom. The lowest BCUT2D eigenvalue weighted by molar-refractivity contribution is -0.0455. The molecule has 1 aliphatic rings. The molecule has 2 aromatic carbocycles. The Kier molecular flexibility index (Phi) is 6.62. The SMILES string of the molecule is COc1c(NC(=O)c2cc3cccc(Oc4ccncc4)c3n2C)cc(C(C)(C)C)cc1C1OCCO1. The largest absolute Gasteiger partial charge is 0.494 e. The number of para-hydroxylation sites is 1. The zero-order chi connectivity index (χ0) is 26.2. The van der Waals surface area contributed by atoms with Gasteiger partial charge in [-0.05, 0) is 47.4 Å². The standard InChI is InChI=1S/C29H31N3O5/c1-29(2,3)19-16-21(28-35-13-14-36-28)26(34-5)22(17-19)31-27(33)23-15-18-7-6-8-24(25(18)32(23)4)37-20-9-11-30-12-10-20/h6-12,15-17,28H,13-14H2,1-5H3,(H,31,33). The molecular formula is C29H31N3O5. The molecule has 1 fully saturated rings. The van der Waals surface area contributed by atoms with E-state index in [-0.39, 0.29) is 11.3 Å². The number of rotatable bonds is 6. The summed E-state index contributed by atoms with van der Waals surface area (Å²) in [6.07, 6.45) is 2.81. The van der Waals surface area contributed by atoms with Crippen LogP contribution in [0.2, 0.25) is 0 Å². The van der Waals surface area contributed by atoms with Crippen molar-refractivity contribution >= 4 is 22.5 Å². The summed E-state index contributed by atoms with van der Waals surface area (Å²) in [7, 11) is 3.44. The number of nitrogens with one attached hydrogen (secondary N) is 1. The predicted molar refractivity (Wildman–Crippen MR) is 142 cm³/mol. The average Bonchev–Trinajstić information content (AvgIpc) is 3.52. The quantitative estimate of drug-likeness (QED) is 0.350. The molecule has 1 amide bonds. The van der Waals surface area contributed by atoms with Crippen molar-refractivity contribution in [2.75, 3.05) is 25.6 Å². The van der Waals surface area contributed by atoms with Gasteiger partial charge in [0.25, 0.3) is 5.91 Å². The van der Waals surface area contributed by atoms with Gasteiger partial charge in [0, 0.05) is 24.8 Å². The summed E-state index contributed by atoms with van der Waals surface area (Å²) < 4.78 is 25.3. The lowest BCUT2D eigenvalue weighted by Gasteiger charge is -2.25. The van der Waals surface area contributed by atoms with Crippen molar-refractivity contribution in [3.63, 3.8) is 0 Å². The van der Waals surface area contributed by atoms with Crippen LogP contribution in [0.15, 0.2) is 60.9 Å². The maximum Gasteiger partial charge on any atom is 0.272 e. The molecule has 0 atom stereocenters. The van der Waals surface area contributed by atoms with E-state index in [4.69, 9.17) is 18.9 Å². The molecule has 4 aromatic rings. The first kappa shape index (κ1) is 24.8. The van der Waals surface area contributed by atoms with Crippen molar-refractivity contribution in [3.8, 4) is 17.2 Å². The number of benzene rings is 2. The van der Waals surface area contributed by atoms with Crippen LogP contribution in [-0.2, 0) is 21.9 Å². The Morgan fingerprint density at radius 1 is 1.08 bits per heavy atom. The number of anilines is 1. The van der Waals surface area contributed by atoms with Crippen LogP contribution < -0.4 is 14.8 Å². The predicted octanol–water partition coefficient (Wildman–Crippen LogP) is 5.97. The minimum atomic E-state index is -0.543. The van der Waals surface area contributed by atoms with E-state index in [1.807, 2.05) is 48.0 Å². The van der Waals surface area contributed by atoms with Crippen LogP contribution in [0.3, 0.4) is 0 Å². The van der Waals surface area contributed by atoms with Gasteiger partial charge in [0.2, 0.25) is 0 Å². The first-order valence-electron chi connectivity index (χ1n) is 12.2. The van der Waals surface area contributed by atoms with Gasteiger partial charge >= 0.3 is 0 Å². The molecular weight excluding hydrogens is 470 g/mol. The second kappa shape index (κ2) is 9.88. The van der Waals surface area contributed by atoms with Crippen molar-refractivity contribution in [2.24, 2.45) is 7.05 Å². The van der Waals surface area contributed by atoms with Crippen LogP contribution in [0.4, 0.5) is 5.69 Å². The summed E-state index contributed by atoms with van der Waals surface area (Å²) in [5.74, 6) is 1.57. The molecule has 5 rings (SSSR count). The molecule has 0 saturated carbocycles. The fourth-order valence-electron chi connectivity index (χ4n) is 4.52. The van der Waals surface area contributed by atoms with Crippen molar-refractivity contribution in [3.05, 3.63) is 77.7 Å². The van der Waals surface area contributed by atoms with Crippen LogP contribution in [0.1, 0.15) is 48.7 Å². The van der Waals surface area contributed by atoms with Crippen molar-refractivity contribution in [1.82, 2.24) is 9.55 Å². The normalized spacial score (nSPS) is 14.2. The Balaban J connectivity index is 1.53. The van der Waals surface area contributed by atoms with Gasteiger partial charge in [-0.3, -0.25) is 9.78 Å². The summed E-state index contributed by atoms with van der Waals surface area (Å²) in [5, 5.41) is 3.97. The fourth-order valence-corrected chi connectivity index (χ4v) is 4.52. The maximum atomic E-state index is 13.6. The summed E-state index contributed by atoms with van der Waals surface area (Å²) in [6, 6.07) is 15.2. The number of aryl methyl sites for hydroxylation is 1. The van der Waals surface area contributed by atoms with E-state index in [0.29, 0.717) is 41.8 Å². The molecule has 8 nitrogen and oxygen atoms in total. The smallest absolute Gasteiger partial charge is 0.272 e. The zero-order valence-electron chi connectivity index (χ0n) is 21.7. The fraction of sp³-hybridized carbons (Fsp3) is 0.310. The minimum absolute atomic E-state index is 0.169. The molecule has 8 heteroatoms. The maximum absolute atomic E-state index is 13.6. The molecule has 0 aliphatic carbocycles. The highest BCUT2D eigenvalue weighted by Gasteiger charge is 2.28. The monoisotopic (exact) mass is 501 g/mol. The van der Waals surface area contributed by atoms with Crippen LogP contribution in [0.5, 0.6) is 17.2 Å². The Labute approximate surface area is 216 Å². The van der Waals surface area contributed by atoms with E-state index in [0.717, 1.165) is 22.0 Å². The molecule has 3 heterocycles. The average molecular weight is 502 g/mol. The molecule has 0 unspecified atom stereocenters. The second-order valence-electron chi connectivity index (χ2n) is 9.99. The van der Waals surface area contributed by atoms with Gasteiger partial charge in [0.05, 0.1) is 37.1 Å². The van der Waals surface area contributed by atoms with E-state index < -0.39 is 6.29 Å². The summed E-state index contributed by atoms with van der Waals surface area (Å²) in [4.78, 5) is 17.7. The highest BCUT2D eigenvalue weighted by molar-refractivity contribution is 6.07. The minimum Gasteiger partial charge on any atom is -0.494 e. The van der Waals surface area contributed by atoms with Gasteiger partial charge in [-0.1, -0.05) is 32.9 Å². The lowest BCUT2D eigenvalue weighted by atomic mass is 9.85. The highest BCUT2D eigenvalue weighted by atomic mass is 16.7. The van der Waals surface area contributed by atoms with Gasteiger partial charge in [0.15, 0.2) is 17.8 Å². The number of carbonyl (C=O) groups excluding carboxylic acids is 1. The third-order valence-electron chi connectivity index (χ3n) is 6.44. The molecule has 1 aliphatic heterocycles. The van der Waals surface area contributed by atoms with Crippen LogP contribution in [0.25, 0.3) is 10.9 Å². The first-order chi connectivity index (χ1) is 17.8. The number of hydrogen-bond donors (Lipinski definition) is 1. The number of aromatic nitrogens is 2. The third kappa shape index (κ3) is 4.90. The summed E-state index contributed by atoms with van der Waals surface area (Å²) in [6.45, 7) is 7.38. The van der Waals surface area contributed by atoms with Crippen molar-refractivity contribution in [1.29, 1.82) is 0 Å². The van der Waals surface area contributed by atoms with Gasteiger partial charge < -0.3 is 28.8 Å². The van der Waals surface area contributed by atoms with Crippen molar-refractivity contribution in [2.45, 2.75) is 32.5 Å². The van der Waals surface area contributed by atoms with Crippen LogP contribution in [0, 0.1) is 0 Å². The molecule has 37 heavy (non-hydrogen) atoms. The summed E-state index contributed by atoms with van der Waals surface area (Å²) >= 11 is 0. The molecule has 0 bridgehead atoms. The van der Waals surface area contributed by atoms with Gasteiger partial charge in [-0.2, -0.15) is 0 Å². The Morgan fingerprint density at radius 3 is 2.49 bits per heavy atom. The molecule has 1 N–H and O–H groups in total. The van der Waals surface area contributed by atoms with Gasteiger partial charge in [-0.25, -0.2) is 0 Å². The topological polar surface area (TPSA) is 83.8 Å². The van der Waals surface area contributed by atoms with E-state index in [1.165, 1.54) is 0 Å². The lowest BCUT2D eigenvalue weighted by Crippen LogP contribution is -2.19. The number of amides is 1. The molecule has 192 valence electrons. The second-order valence-corrected chi connectivity index (χ2v) is 9.99. The van der Waals surface area contributed by atoms with E-state index in [2.05, 4.69) is 31.1 Å². The van der Waals surface area contributed by atoms with E-state index in [9.17, 15) is 4.79 Å². The van der Waals surface area contributed by atoms with Crippen molar-refractivity contribution < 1.29 is 23.7 Å². The highest BCUT2D eigenvalue weighted by Crippen LogP contribution is 2.41. The number of fused-ring (bicyclic) bond motifs is 1. The third-order valence-corrected chi connectivity index (χ3v) is 6.44. The number of carbonyl (C=O) groups is 1. The van der Waals surface area contributed by atoms with Gasteiger partial charge in [-0.15, -0.1) is 0 Å². The number of pyridine rings is 1. The summed E-state index contributed by atoms with van der Waals surface area (Å²) in [5.41, 5.74) is 3.48. The van der Waals surface area contributed by atoms with E-state index >= 15 is 0 Å². The van der Waals surface area contributed by atoms with Gasteiger partial charge in [0.1, 0.15) is 11.4 Å². The number of methoxy groups -OCH3 is 1. The Hall–Kier alpha value is -3.88. The molecule has 0 radical (unpaired) electrons. The number of nitrogens with zero attached hydrogens (tertiary/aromatic N) is 2. The number of ether oxygens (including phenoxy) is 4. The van der Waals surface area contributed by atoms with Crippen LogP contribution in [-0.4, -0.2) is 35.8 Å². The molecule has 1 saturated heterocycles. The Bertz CT molecular complexity index is 1430. The van der Waals surface area contributed by atoms with E-state index in [1.54, 1.807) is 31.6 Å². The first-order valence-corrected chi connectivity index (χ1v) is 12.2. The molecule has 2 aromatic heterocycles.